The molecule has 130 valence electrons. The van der Waals surface area contributed by atoms with E-state index in [4.69, 9.17) is 4.98 Å². The van der Waals surface area contributed by atoms with Crippen molar-refractivity contribution in [2.24, 2.45) is 7.05 Å². The summed E-state index contributed by atoms with van der Waals surface area (Å²) in [6.07, 6.45) is 2.68. The molecule has 0 unspecified atom stereocenters. The van der Waals surface area contributed by atoms with Crippen LogP contribution >= 0.6 is 0 Å². The Labute approximate surface area is 148 Å². The normalized spacial score (nSPS) is 19.3. The number of piperidine rings is 1. The summed E-state index contributed by atoms with van der Waals surface area (Å²) in [6.45, 7) is 0.533. The maximum Gasteiger partial charge on any atom is 0.243 e. The summed E-state index contributed by atoms with van der Waals surface area (Å²) in [4.78, 5) is 5.10. The molecule has 0 radical (unpaired) electrons. The van der Waals surface area contributed by atoms with Gasteiger partial charge in [-0.1, -0.05) is 36.8 Å². The fraction of sp³-hybridized carbons (Fsp3) is 0.316. The highest BCUT2D eigenvalue weighted by molar-refractivity contribution is 7.89. The van der Waals surface area contributed by atoms with Crippen LogP contribution in [0.3, 0.4) is 0 Å². The molecule has 0 aliphatic carbocycles. The van der Waals surface area contributed by atoms with Gasteiger partial charge >= 0.3 is 0 Å². The van der Waals surface area contributed by atoms with Crippen LogP contribution < -0.4 is 0 Å². The van der Waals surface area contributed by atoms with Gasteiger partial charge in [-0.2, -0.15) is 4.31 Å². The first-order valence-electron chi connectivity index (χ1n) is 8.57. The minimum Gasteiger partial charge on any atom is -0.330 e. The summed E-state index contributed by atoms with van der Waals surface area (Å²) in [5.74, 6) is 0.820. The fourth-order valence-electron chi connectivity index (χ4n) is 3.64. The van der Waals surface area contributed by atoms with Gasteiger partial charge in [-0.25, -0.2) is 13.4 Å². The van der Waals surface area contributed by atoms with Crippen molar-refractivity contribution in [2.45, 2.75) is 30.2 Å². The molecule has 3 aromatic rings. The lowest BCUT2D eigenvalue weighted by atomic mass is 10.0. The second-order valence-corrected chi connectivity index (χ2v) is 8.35. The summed E-state index contributed by atoms with van der Waals surface area (Å²) in [6, 6.07) is 16.4. The quantitative estimate of drug-likeness (QED) is 0.723. The molecule has 1 aromatic heterocycles. The first kappa shape index (κ1) is 16.3. The van der Waals surface area contributed by atoms with E-state index in [2.05, 4.69) is 0 Å². The predicted octanol–water partition coefficient (Wildman–Crippen LogP) is 3.49. The fourth-order valence-corrected chi connectivity index (χ4v) is 5.32. The summed E-state index contributed by atoms with van der Waals surface area (Å²) < 4.78 is 30.0. The number of hydrogen-bond acceptors (Lipinski definition) is 3. The van der Waals surface area contributed by atoms with Crippen molar-refractivity contribution in [3.05, 3.63) is 60.4 Å². The molecule has 0 saturated carbocycles. The maximum absolute atomic E-state index is 13.2. The highest BCUT2D eigenvalue weighted by Gasteiger charge is 2.36. The molecule has 0 N–H and O–H groups in total. The molecule has 0 spiro atoms. The summed E-state index contributed by atoms with van der Waals surface area (Å²) in [5.41, 5.74) is 1.93. The minimum atomic E-state index is -3.53. The molecule has 2 aromatic carbocycles. The smallest absolute Gasteiger partial charge is 0.243 e. The molecular formula is C19H21N3O2S. The molecule has 0 bridgehead atoms. The molecule has 4 rings (SSSR count). The number of sulfonamides is 1. The van der Waals surface area contributed by atoms with Crippen LogP contribution in [0.5, 0.6) is 0 Å². The maximum atomic E-state index is 13.2. The standard InChI is InChI=1S/C19H21N3O2S/c1-21-17-12-6-5-11-16(17)20-19(21)18-13-7-8-14-22(18)25(23,24)15-9-3-2-4-10-15/h2-6,9-12,18H,7-8,13-14H2,1H3/t18-/m0/s1. The van der Waals surface area contributed by atoms with Crippen molar-refractivity contribution in [2.75, 3.05) is 6.54 Å². The van der Waals surface area contributed by atoms with Crippen LogP contribution in [-0.4, -0.2) is 28.8 Å². The van der Waals surface area contributed by atoms with Gasteiger partial charge in [-0.3, -0.25) is 0 Å². The number of para-hydroxylation sites is 2. The predicted molar refractivity (Wildman–Crippen MR) is 97.6 cm³/mol. The molecule has 1 aliphatic heterocycles. The molecule has 6 heteroatoms. The van der Waals surface area contributed by atoms with E-state index in [9.17, 15) is 8.42 Å². The van der Waals surface area contributed by atoms with Crippen LogP contribution in [-0.2, 0) is 17.1 Å². The van der Waals surface area contributed by atoms with Crippen LogP contribution in [0.4, 0.5) is 0 Å². The van der Waals surface area contributed by atoms with Gasteiger partial charge in [0.2, 0.25) is 10.0 Å². The van der Waals surface area contributed by atoms with Gasteiger partial charge in [-0.15, -0.1) is 0 Å². The number of fused-ring (bicyclic) bond motifs is 1. The molecule has 2 heterocycles. The number of hydrogen-bond donors (Lipinski definition) is 0. The van der Waals surface area contributed by atoms with Gasteiger partial charge < -0.3 is 4.57 Å². The number of imidazole rings is 1. The van der Waals surface area contributed by atoms with E-state index in [0.29, 0.717) is 11.4 Å². The number of nitrogens with zero attached hydrogens (tertiary/aromatic N) is 3. The lowest BCUT2D eigenvalue weighted by molar-refractivity contribution is 0.243. The van der Waals surface area contributed by atoms with Gasteiger partial charge in [0.15, 0.2) is 0 Å². The summed E-state index contributed by atoms with van der Waals surface area (Å²) in [7, 11) is -1.57. The van der Waals surface area contributed by atoms with E-state index >= 15 is 0 Å². The summed E-state index contributed by atoms with van der Waals surface area (Å²) >= 11 is 0. The molecule has 1 fully saturated rings. The lowest BCUT2D eigenvalue weighted by Gasteiger charge is -2.34. The van der Waals surface area contributed by atoms with Crippen molar-refractivity contribution in [1.29, 1.82) is 0 Å². The highest BCUT2D eigenvalue weighted by Crippen LogP contribution is 2.35. The van der Waals surface area contributed by atoms with E-state index < -0.39 is 10.0 Å². The number of rotatable bonds is 3. The Balaban J connectivity index is 1.80. The number of aromatic nitrogens is 2. The second-order valence-electron chi connectivity index (χ2n) is 6.46. The van der Waals surface area contributed by atoms with E-state index in [-0.39, 0.29) is 6.04 Å². The number of benzene rings is 2. The van der Waals surface area contributed by atoms with Gasteiger partial charge in [0.1, 0.15) is 5.82 Å². The Morgan fingerprint density at radius 2 is 1.72 bits per heavy atom. The average Bonchev–Trinajstić information content (AvgIpc) is 2.99. The molecular weight excluding hydrogens is 334 g/mol. The van der Waals surface area contributed by atoms with Crippen molar-refractivity contribution in [3.8, 4) is 0 Å². The molecule has 5 nitrogen and oxygen atoms in total. The van der Waals surface area contributed by atoms with E-state index in [1.54, 1.807) is 28.6 Å². The highest BCUT2D eigenvalue weighted by atomic mass is 32.2. The van der Waals surface area contributed by atoms with Crippen LogP contribution in [0.15, 0.2) is 59.5 Å². The molecule has 1 saturated heterocycles. The molecule has 1 aliphatic rings. The first-order chi connectivity index (χ1) is 12.1. The van der Waals surface area contributed by atoms with Crippen LogP contribution in [0.25, 0.3) is 11.0 Å². The molecule has 0 amide bonds. The van der Waals surface area contributed by atoms with E-state index in [1.807, 2.05) is 41.9 Å². The largest absolute Gasteiger partial charge is 0.330 e. The Hall–Kier alpha value is -2.18. The monoisotopic (exact) mass is 355 g/mol. The van der Waals surface area contributed by atoms with Crippen LogP contribution in [0, 0.1) is 0 Å². The Bertz CT molecular complexity index is 996. The zero-order valence-corrected chi connectivity index (χ0v) is 15.0. The first-order valence-corrected chi connectivity index (χ1v) is 10.0. The number of aryl methyl sites for hydroxylation is 1. The Morgan fingerprint density at radius 1 is 1.00 bits per heavy atom. The molecule has 1 atom stereocenters. The van der Waals surface area contributed by atoms with E-state index in [1.165, 1.54) is 0 Å². The lowest BCUT2D eigenvalue weighted by Crippen LogP contribution is -2.39. The second kappa shape index (κ2) is 6.28. The third-order valence-electron chi connectivity index (χ3n) is 4.92. The van der Waals surface area contributed by atoms with E-state index in [0.717, 1.165) is 36.1 Å². The van der Waals surface area contributed by atoms with Crippen molar-refractivity contribution in [1.82, 2.24) is 13.9 Å². The van der Waals surface area contributed by atoms with Gasteiger partial charge in [0, 0.05) is 13.6 Å². The average molecular weight is 355 g/mol. The van der Waals surface area contributed by atoms with Gasteiger partial charge in [-0.05, 0) is 37.1 Å². The zero-order chi connectivity index (χ0) is 17.4. The van der Waals surface area contributed by atoms with Crippen LogP contribution in [0.2, 0.25) is 0 Å². The zero-order valence-electron chi connectivity index (χ0n) is 14.2. The Morgan fingerprint density at radius 3 is 2.48 bits per heavy atom. The van der Waals surface area contributed by atoms with Crippen molar-refractivity contribution < 1.29 is 8.42 Å². The summed E-state index contributed by atoms with van der Waals surface area (Å²) in [5, 5.41) is 0. The van der Waals surface area contributed by atoms with Crippen LogP contribution in [0.1, 0.15) is 31.1 Å². The third-order valence-corrected chi connectivity index (χ3v) is 6.85. The van der Waals surface area contributed by atoms with Crippen molar-refractivity contribution >= 4 is 21.1 Å². The molecule has 25 heavy (non-hydrogen) atoms. The van der Waals surface area contributed by atoms with Crippen molar-refractivity contribution in [3.63, 3.8) is 0 Å². The minimum absolute atomic E-state index is 0.226. The van der Waals surface area contributed by atoms with Gasteiger partial charge in [0.25, 0.3) is 0 Å². The Kier molecular flexibility index (Phi) is 4.09. The van der Waals surface area contributed by atoms with Gasteiger partial charge in [0.05, 0.1) is 22.0 Å². The topological polar surface area (TPSA) is 55.2 Å². The SMILES string of the molecule is Cn1c([C@@H]2CCCCN2S(=O)(=O)c2ccccc2)nc2ccccc21. The third kappa shape index (κ3) is 2.75.